The van der Waals surface area contributed by atoms with Crippen molar-refractivity contribution in [3.8, 4) is 22.6 Å². The van der Waals surface area contributed by atoms with Gasteiger partial charge in [0.1, 0.15) is 17.8 Å². The smallest absolute Gasteiger partial charge is 0.162 e. The average molecular weight is 429 g/mol. The molecular formula is C23H20N6OS. The maximum atomic E-state index is 6.40. The van der Waals surface area contributed by atoms with Gasteiger partial charge in [0.25, 0.3) is 0 Å². The maximum Gasteiger partial charge on any atom is 0.162 e. The third kappa shape index (κ3) is 4.16. The number of nitrogens with two attached hydrogens (primary N) is 1. The van der Waals surface area contributed by atoms with Crippen molar-refractivity contribution < 1.29 is 4.52 Å². The number of thiophene rings is 1. The Morgan fingerprint density at radius 2 is 1.87 bits per heavy atom. The summed E-state index contributed by atoms with van der Waals surface area (Å²) in [6.07, 6.45) is 5.81. The summed E-state index contributed by atoms with van der Waals surface area (Å²) in [5.74, 6) is 1.39. The number of pyridine rings is 1. The SMILES string of the molecule is NC(CNc1nc(-c2ccncc2)nc2c(-c3ccon3)csc12)Cc1ccccc1. The molecule has 7 nitrogen and oxygen atoms in total. The van der Waals surface area contributed by atoms with Crippen LogP contribution in [-0.4, -0.2) is 32.7 Å². The minimum atomic E-state index is -0.0493. The first-order chi connectivity index (χ1) is 15.3. The van der Waals surface area contributed by atoms with Crippen molar-refractivity contribution >= 4 is 27.4 Å². The molecule has 0 aliphatic rings. The van der Waals surface area contributed by atoms with Gasteiger partial charge in [0.2, 0.25) is 0 Å². The van der Waals surface area contributed by atoms with E-state index in [9.17, 15) is 0 Å². The van der Waals surface area contributed by atoms with Crippen LogP contribution >= 0.6 is 11.3 Å². The molecule has 4 heterocycles. The highest BCUT2D eigenvalue weighted by Gasteiger charge is 2.17. The van der Waals surface area contributed by atoms with E-state index >= 15 is 0 Å². The Morgan fingerprint density at radius 3 is 2.65 bits per heavy atom. The number of nitrogens with zero attached hydrogens (tertiary/aromatic N) is 4. The molecule has 4 aromatic heterocycles. The second-order valence-electron chi connectivity index (χ2n) is 7.17. The first-order valence-electron chi connectivity index (χ1n) is 9.91. The number of aromatic nitrogens is 4. The van der Waals surface area contributed by atoms with Gasteiger partial charge in [-0.15, -0.1) is 11.3 Å². The predicted molar refractivity (Wildman–Crippen MR) is 123 cm³/mol. The van der Waals surface area contributed by atoms with Gasteiger partial charge in [-0.1, -0.05) is 35.5 Å². The molecule has 0 amide bonds. The van der Waals surface area contributed by atoms with Crippen molar-refractivity contribution in [3.63, 3.8) is 0 Å². The van der Waals surface area contributed by atoms with E-state index in [4.69, 9.17) is 20.2 Å². The molecule has 5 aromatic rings. The minimum Gasteiger partial charge on any atom is -0.367 e. The van der Waals surface area contributed by atoms with Gasteiger partial charge in [-0.2, -0.15) is 0 Å². The van der Waals surface area contributed by atoms with Crippen molar-refractivity contribution in [2.24, 2.45) is 5.73 Å². The fourth-order valence-electron chi connectivity index (χ4n) is 3.42. The quantitative estimate of drug-likeness (QED) is 0.396. The Hall–Kier alpha value is -3.62. The summed E-state index contributed by atoms with van der Waals surface area (Å²) in [7, 11) is 0. The van der Waals surface area contributed by atoms with Gasteiger partial charge in [0, 0.05) is 47.6 Å². The van der Waals surface area contributed by atoms with Gasteiger partial charge in [0.15, 0.2) is 5.82 Å². The average Bonchev–Trinajstić information content (AvgIpc) is 3.48. The Labute approximate surface area is 183 Å². The Morgan fingerprint density at radius 1 is 1.03 bits per heavy atom. The summed E-state index contributed by atoms with van der Waals surface area (Å²) in [5.41, 5.74) is 11.0. The van der Waals surface area contributed by atoms with Crippen molar-refractivity contribution in [1.29, 1.82) is 0 Å². The summed E-state index contributed by atoms with van der Waals surface area (Å²) >= 11 is 1.58. The first kappa shape index (κ1) is 19.3. The monoisotopic (exact) mass is 428 g/mol. The Bertz CT molecular complexity index is 1270. The van der Waals surface area contributed by atoms with E-state index in [1.807, 2.05) is 41.8 Å². The Kier molecular flexibility index (Phi) is 5.39. The number of benzene rings is 1. The molecule has 154 valence electrons. The van der Waals surface area contributed by atoms with Crippen LogP contribution in [0.15, 0.2) is 77.1 Å². The van der Waals surface area contributed by atoms with E-state index < -0.39 is 0 Å². The second kappa shape index (κ2) is 8.63. The second-order valence-corrected chi connectivity index (χ2v) is 8.05. The standard InChI is InChI=1S/C23H20N6OS/c24-17(12-15-4-2-1-3-5-15)13-26-23-21-20(18(14-31-21)19-8-11-30-29-19)27-22(28-23)16-6-9-25-10-7-16/h1-11,14,17H,12-13,24H2,(H,26,27,28). The topological polar surface area (TPSA) is 103 Å². The van der Waals surface area contributed by atoms with Crippen LogP contribution < -0.4 is 11.1 Å². The van der Waals surface area contributed by atoms with Crippen LogP contribution in [-0.2, 0) is 6.42 Å². The van der Waals surface area contributed by atoms with Crippen molar-refractivity contribution in [2.45, 2.75) is 12.5 Å². The normalized spacial score (nSPS) is 12.2. The van der Waals surface area contributed by atoms with Crippen LogP contribution in [0.1, 0.15) is 5.56 Å². The van der Waals surface area contributed by atoms with Crippen molar-refractivity contribution in [2.75, 3.05) is 11.9 Å². The van der Waals surface area contributed by atoms with Crippen LogP contribution in [0.2, 0.25) is 0 Å². The lowest BCUT2D eigenvalue weighted by atomic mass is 10.1. The molecule has 0 bridgehead atoms. The number of hydrogen-bond donors (Lipinski definition) is 2. The maximum absolute atomic E-state index is 6.40. The Balaban J connectivity index is 1.49. The molecule has 0 fully saturated rings. The fourth-order valence-corrected chi connectivity index (χ4v) is 4.38. The van der Waals surface area contributed by atoms with Crippen LogP contribution in [0.3, 0.4) is 0 Å². The first-order valence-corrected chi connectivity index (χ1v) is 10.8. The van der Waals surface area contributed by atoms with Gasteiger partial charge in [-0.05, 0) is 24.1 Å². The molecule has 31 heavy (non-hydrogen) atoms. The van der Waals surface area contributed by atoms with Crippen molar-refractivity contribution in [3.05, 3.63) is 78.1 Å². The molecule has 3 N–H and O–H groups in total. The van der Waals surface area contributed by atoms with Gasteiger partial charge in [-0.3, -0.25) is 4.98 Å². The van der Waals surface area contributed by atoms with E-state index in [0.29, 0.717) is 12.4 Å². The zero-order chi connectivity index (χ0) is 21.0. The lowest BCUT2D eigenvalue weighted by Gasteiger charge is -2.14. The molecule has 0 radical (unpaired) electrons. The largest absolute Gasteiger partial charge is 0.367 e. The third-order valence-corrected chi connectivity index (χ3v) is 5.92. The lowest BCUT2D eigenvalue weighted by Crippen LogP contribution is -2.31. The van der Waals surface area contributed by atoms with Crippen LogP contribution in [0.25, 0.3) is 32.9 Å². The van der Waals surface area contributed by atoms with Gasteiger partial charge in [-0.25, -0.2) is 9.97 Å². The molecule has 0 aliphatic heterocycles. The molecule has 1 atom stereocenters. The number of fused-ring (bicyclic) bond motifs is 1. The molecule has 0 saturated carbocycles. The molecule has 0 aliphatic carbocycles. The zero-order valence-corrected chi connectivity index (χ0v) is 17.4. The lowest BCUT2D eigenvalue weighted by molar-refractivity contribution is 0.422. The minimum absolute atomic E-state index is 0.0493. The molecule has 0 spiro atoms. The molecule has 0 saturated heterocycles. The number of nitrogens with one attached hydrogen (secondary N) is 1. The van der Waals surface area contributed by atoms with Gasteiger partial charge < -0.3 is 15.6 Å². The van der Waals surface area contributed by atoms with Crippen LogP contribution in [0, 0.1) is 0 Å². The third-order valence-electron chi connectivity index (χ3n) is 4.94. The van der Waals surface area contributed by atoms with E-state index in [1.54, 1.807) is 30.0 Å². The molecule has 1 aromatic carbocycles. The predicted octanol–water partition coefficient (Wildman–Crippen LogP) is 4.39. The van der Waals surface area contributed by atoms with E-state index in [-0.39, 0.29) is 6.04 Å². The summed E-state index contributed by atoms with van der Waals surface area (Å²) in [4.78, 5) is 13.7. The molecular weight excluding hydrogens is 408 g/mol. The number of anilines is 1. The molecule has 8 heteroatoms. The molecule has 1 unspecified atom stereocenters. The van der Waals surface area contributed by atoms with E-state index in [2.05, 4.69) is 27.6 Å². The highest BCUT2D eigenvalue weighted by Crippen LogP contribution is 2.36. The van der Waals surface area contributed by atoms with Crippen LogP contribution in [0.5, 0.6) is 0 Å². The summed E-state index contributed by atoms with van der Waals surface area (Å²) in [5, 5.41) is 9.56. The van der Waals surface area contributed by atoms with Crippen LogP contribution in [0.4, 0.5) is 5.82 Å². The zero-order valence-electron chi connectivity index (χ0n) is 16.6. The number of hydrogen-bond acceptors (Lipinski definition) is 8. The van der Waals surface area contributed by atoms with Gasteiger partial charge in [0.05, 0.1) is 10.2 Å². The van der Waals surface area contributed by atoms with Gasteiger partial charge >= 0.3 is 0 Å². The summed E-state index contributed by atoms with van der Waals surface area (Å²) < 4.78 is 6.00. The van der Waals surface area contributed by atoms with Crippen molar-refractivity contribution in [1.82, 2.24) is 20.1 Å². The van der Waals surface area contributed by atoms with E-state index in [0.717, 1.165) is 39.3 Å². The molecule has 5 rings (SSSR count). The highest BCUT2D eigenvalue weighted by molar-refractivity contribution is 7.18. The fraction of sp³-hybridized carbons (Fsp3) is 0.130. The highest BCUT2D eigenvalue weighted by atomic mass is 32.1. The summed E-state index contributed by atoms with van der Waals surface area (Å²) in [6, 6.07) is 15.8. The number of rotatable bonds is 7. The van der Waals surface area contributed by atoms with E-state index in [1.165, 1.54) is 5.56 Å². The summed E-state index contributed by atoms with van der Waals surface area (Å²) in [6.45, 7) is 0.591.